The molecule has 1 saturated carbocycles. The zero-order valence-electron chi connectivity index (χ0n) is 10.7. The summed E-state index contributed by atoms with van der Waals surface area (Å²) in [7, 11) is 0. The number of rotatable bonds is 3. The predicted molar refractivity (Wildman–Crippen MR) is 69.8 cm³/mol. The van der Waals surface area contributed by atoms with Crippen molar-refractivity contribution >= 4 is 0 Å². The molecule has 2 nitrogen and oxygen atoms in total. The fourth-order valence-electron chi connectivity index (χ4n) is 2.93. The van der Waals surface area contributed by atoms with Gasteiger partial charge in [0.25, 0.3) is 0 Å². The molecular weight excluding hydrogens is 210 g/mol. The Labute approximate surface area is 104 Å². The van der Waals surface area contributed by atoms with Crippen LogP contribution in [0.15, 0.2) is 24.5 Å². The highest BCUT2D eigenvalue weighted by atomic mass is 16.3. The molecule has 17 heavy (non-hydrogen) atoms. The van der Waals surface area contributed by atoms with Crippen LogP contribution in [0.1, 0.15) is 51.0 Å². The summed E-state index contributed by atoms with van der Waals surface area (Å²) >= 11 is 0. The van der Waals surface area contributed by atoms with Crippen molar-refractivity contribution < 1.29 is 5.11 Å². The van der Waals surface area contributed by atoms with Crippen molar-refractivity contribution in [3.8, 4) is 0 Å². The van der Waals surface area contributed by atoms with Crippen LogP contribution in [0.3, 0.4) is 0 Å². The number of nitrogens with zero attached hydrogens (tertiary/aromatic N) is 1. The van der Waals surface area contributed by atoms with Crippen molar-refractivity contribution in [3.63, 3.8) is 0 Å². The number of pyridine rings is 1. The summed E-state index contributed by atoms with van der Waals surface area (Å²) in [6.45, 7) is 2.26. The highest BCUT2D eigenvalue weighted by molar-refractivity contribution is 5.12. The van der Waals surface area contributed by atoms with Crippen LogP contribution in [0.25, 0.3) is 0 Å². The average Bonchev–Trinajstić information content (AvgIpc) is 2.52. The average molecular weight is 233 g/mol. The van der Waals surface area contributed by atoms with Crippen LogP contribution in [0.5, 0.6) is 0 Å². The molecule has 2 atom stereocenters. The molecule has 0 aromatic carbocycles. The lowest BCUT2D eigenvalue weighted by Crippen LogP contribution is -2.30. The Morgan fingerprint density at radius 3 is 3.00 bits per heavy atom. The Balaban J connectivity index is 1.99. The van der Waals surface area contributed by atoms with Crippen LogP contribution in [0.2, 0.25) is 0 Å². The van der Waals surface area contributed by atoms with Gasteiger partial charge in [-0.1, -0.05) is 32.3 Å². The molecule has 1 aliphatic rings. The van der Waals surface area contributed by atoms with E-state index >= 15 is 0 Å². The molecule has 2 unspecified atom stereocenters. The maximum atomic E-state index is 10.7. The van der Waals surface area contributed by atoms with E-state index in [1.807, 2.05) is 12.3 Å². The number of hydrogen-bond donors (Lipinski definition) is 1. The summed E-state index contributed by atoms with van der Waals surface area (Å²) in [5, 5.41) is 10.7. The van der Waals surface area contributed by atoms with Gasteiger partial charge in [0.15, 0.2) is 0 Å². The van der Waals surface area contributed by atoms with Crippen molar-refractivity contribution in [3.05, 3.63) is 30.1 Å². The largest absolute Gasteiger partial charge is 0.390 e. The van der Waals surface area contributed by atoms with Crippen LogP contribution in [-0.2, 0) is 6.42 Å². The van der Waals surface area contributed by atoms with E-state index in [2.05, 4.69) is 18.0 Å². The smallest absolute Gasteiger partial charge is 0.0688 e. The first-order valence-electron chi connectivity index (χ1n) is 6.83. The van der Waals surface area contributed by atoms with Gasteiger partial charge in [-0.05, 0) is 36.8 Å². The first kappa shape index (κ1) is 12.6. The topological polar surface area (TPSA) is 33.1 Å². The molecule has 1 aliphatic carbocycles. The minimum absolute atomic E-state index is 0.493. The fraction of sp³-hybridized carbons (Fsp3) is 0.667. The van der Waals surface area contributed by atoms with Crippen molar-refractivity contribution in [1.29, 1.82) is 0 Å². The van der Waals surface area contributed by atoms with E-state index < -0.39 is 5.60 Å². The van der Waals surface area contributed by atoms with E-state index in [-0.39, 0.29) is 0 Å². The molecule has 0 amide bonds. The molecule has 94 valence electrons. The van der Waals surface area contributed by atoms with E-state index in [0.717, 1.165) is 37.2 Å². The molecule has 0 spiro atoms. The molecule has 0 radical (unpaired) electrons. The zero-order chi connectivity index (χ0) is 12.1. The third-order valence-corrected chi connectivity index (χ3v) is 4.11. The summed E-state index contributed by atoms with van der Waals surface area (Å²) in [5.41, 5.74) is 0.664. The molecule has 0 bridgehead atoms. The van der Waals surface area contributed by atoms with E-state index in [0.29, 0.717) is 0 Å². The van der Waals surface area contributed by atoms with Gasteiger partial charge in [-0.3, -0.25) is 4.98 Å². The van der Waals surface area contributed by atoms with Crippen LogP contribution in [-0.4, -0.2) is 15.7 Å². The van der Waals surface area contributed by atoms with Gasteiger partial charge in [0.1, 0.15) is 0 Å². The van der Waals surface area contributed by atoms with Crippen LogP contribution in [0, 0.1) is 5.92 Å². The van der Waals surface area contributed by atoms with Gasteiger partial charge in [0.05, 0.1) is 5.60 Å². The predicted octanol–water partition coefficient (Wildman–Crippen LogP) is 3.35. The van der Waals surface area contributed by atoms with Gasteiger partial charge in [-0.25, -0.2) is 0 Å². The summed E-state index contributed by atoms with van der Waals surface area (Å²) in [6, 6.07) is 4.01. The van der Waals surface area contributed by atoms with Gasteiger partial charge in [-0.2, -0.15) is 0 Å². The van der Waals surface area contributed by atoms with Gasteiger partial charge in [0.2, 0.25) is 0 Å². The maximum absolute atomic E-state index is 10.7. The van der Waals surface area contributed by atoms with E-state index in [4.69, 9.17) is 0 Å². The van der Waals surface area contributed by atoms with Gasteiger partial charge < -0.3 is 5.11 Å². The molecule has 1 fully saturated rings. The van der Waals surface area contributed by atoms with Crippen molar-refractivity contribution in [2.45, 2.75) is 57.5 Å². The second kappa shape index (κ2) is 5.63. The van der Waals surface area contributed by atoms with Crippen LogP contribution >= 0.6 is 0 Å². The molecule has 2 heteroatoms. The third-order valence-electron chi connectivity index (χ3n) is 4.11. The highest BCUT2D eigenvalue weighted by Crippen LogP contribution is 2.33. The summed E-state index contributed by atoms with van der Waals surface area (Å²) in [5.74, 6) is 0.818. The molecule has 1 aromatic rings. The Kier molecular flexibility index (Phi) is 4.16. The first-order valence-corrected chi connectivity index (χ1v) is 6.83. The molecule has 1 aromatic heterocycles. The molecule has 1 heterocycles. The fourth-order valence-corrected chi connectivity index (χ4v) is 2.93. The van der Waals surface area contributed by atoms with Crippen molar-refractivity contribution in [1.82, 2.24) is 4.98 Å². The Bertz CT molecular complexity index is 338. The zero-order valence-corrected chi connectivity index (χ0v) is 10.7. The Hall–Kier alpha value is -0.890. The first-order chi connectivity index (χ1) is 8.22. The van der Waals surface area contributed by atoms with Gasteiger partial charge in [0, 0.05) is 18.8 Å². The number of hydrogen-bond acceptors (Lipinski definition) is 2. The van der Waals surface area contributed by atoms with Crippen LogP contribution < -0.4 is 0 Å². The Morgan fingerprint density at radius 1 is 1.41 bits per heavy atom. The summed E-state index contributed by atoms with van der Waals surface area (Å²) in [4.78, 5) is 4.12. The van der Waals surface area contributed by atoms with Crippen molar-refractivity contribution in [2.75, 3.05) is 0 Å². The molecular formula is C15H23NO. The summed E-state index contributed by atoms with van der Waals surface area (Å²) < 4.78 is 0. The molecule has 0 aliphatic heterocycles. The third kappa shape index (κ3) is 3.53. The monoisotopic (exact) mass is 233 g/mol. The van der Waals surface area contributed by atoms with Crippen LogP contribution in [0.4, 0.5) is 0 Å². The van der Waals surface area contributed by atoms with E-state index in [1.54, 1.807) is 6.20 Å². The second-order valence-electron chi connectivity index (χ2n) is 5.47. The second-order valence-corrected chi connectivity index (χ2v) is 5.47. The molecule has 0 saturated heterocycles. The molecule has 1 N–H and O–H groups in total. The van der Waals surface area contributed by atoms with E-state index in [1.165, 1.54) is 19.3 Å². The maximum Gasteiger partial charge on any atom is 0.0688 e. The van der Waals surface area contributed by atoms with Gasteiger partial charge >= 0.3 is 0 Å². The normalized spacial score (nSPS) is 29.9. The highest BCUT2D eigenvalue weighted by Gasteiger charge is 2.30. The Morgan fingerprint density at radius 2 is 2.29 bits per heavy atom. The van der Waals surface area contributed by atoms with E-state index in [9.17, 15) is 5.11 Å². The van der Waals surface area contributed by atoms with Gasteiger partial charge in [-0.15, -0.1) is 0 Å². The minimum Gasteiger partial charge on any atom is -0.390 e. The van der Waals surface area contributed by atoms with Crippen molar-refractivity contribution in [2.24, 2.45) is 5.92 Å². The minimum atomic E-state index is -0.493. The standard InChI is InChI=1S/C15H23NO/c1-2-13-5-3-8-15(17,9-7-13)11-14-6-4-10-16-12-14/h4,6,10,12-13,17H,2-3,5,7-9,11H2,1H3. The number of aromatic nitrogens is 1. The summed E-state index contributed by atoms with van der Waals surface area (Å²) in [6.07, 6.45) is 11.2. The lowest BCUT2D eigenvalue weighted by atomic mass is 9.87. The molecule has 2 rings (SSSR count). The SMILES string of the molecule is CCC1CCCC(O)(Cc2cccnc2)CC1. The lowest BCUT2D eigenvalue weighted by molar-refractivity contribution is 0.0241. The lowest BCUT2D eigenvalue weighted by Gasteiger charge is -2.26. The number of aliphatic hydroxyl groups is 1. The quantitative estimate of drug-likeness (QED) is 0.812.